The summed E-state index contributed by atoms with van der Waals surface area (Å²) in [5, 5.41) is 14.2. The number of carbonyl (C=O) groups excluding carboxylic acids is 2. The van der Waals surface area contributed by atoms with Crippen LogP contribution in [-0.4, -0.2) is 56.1 Å². The first-order valence-corrected chi connectivity index (χ1v) is 13.3. The number of unbranched alkanes of at least 4 members (excludes halogenated alkanes) is 1. The second-order valence-electron chi connectivity index (χ2n) is 7.74. The SMILES string of the molecule is CC.CNCCOC.N/C(=C\C=C(/N)NC(=O)Cc1cccc(OC(F)(F)F)c1)CCCCc1nnc(C=O)s1. The fourth-order valence-corrected chi connectivity index (χ4v) is 3.49. The molecule has 1 aromatic heterocycles. The summed E-state index contributed by atoms with van der Waals surface area (Å²) in [5.41, 5.74) is 12.6. The molecule has 0 bridgehead atoms. The normalized spacial score (nSPS) is 11.5. The Labute approximate surface area is 237 Å². The summed E-state index contributed by atoms with van der Waals surface area (Å²) < 4.78 is 45.4. The number of amides is 1. The molecule has 0 aliphatic rings. The van der Waals surface area contributed by atoms with E-state index in [0.717, 1.165) is 43.1 Å². The van der Waals surface area contributed by atoms with Gasteiger partial charge in [0.2, 0.25) is 5.91 Å². The van der Waals surface area contributed by atoms with Gasteiger partial charge in [0.25, 0.3) is 0 Å². The number of hydrogen-bond acceptors (Lipinski definition) is 10. The van der Waals surface area contributed by atoms with Gasteiger partial charge in [-0.15, -0.1) is 23.4 Å². The van der Waals surface area contributed by atoms with E-state index >= 15 is 0 Å². The fraction of sp³-hybridized carbons (Fsp3) is 0.462. The molecule has 6 N–H and O–H groups in total. The first-order chi connectivity index (χ1) is 19.1. The Kier molecular flexibility index (Phi) is 19.5. The minimum absolute atomic E-state index is 0.0518. The van der Waals surface area contributed by atoms with Gasteiger partial charge in [0, 0.05) is 25.8 Å². The van der Waals surface area contributed by atoms with E-state index in [1.165, 1.54) is 29.5 Å². The third kappa shape index (κ3) is 18.7. The molecule has 1 amide bonds. The van der Waals surface area contributed by atoms with E-state index in [1.54, 1.807) is 13.2 Å². The second-order valence-corrected chi connectivity index (χ2v) is 8.83. The van der Waals surface area contributed by atoms with E-state index in [0.29, 0.717) is 35.4 Å². The number of nitrogens with zero attached hydrogens (tertiary/aromatic N) is 2. The number of hydrogen-bond donors (Lipinski definition) is 4. The van der Waals surface area contributed by atoms with Crippen molar-refractivity contribution in [2.24, 2.45) is 11.5 Å². The summed E-state index contributed by atoms with van der Waals surface area (Å²) in [6, 6.07) is 5.14. The van der Waals surface area contributed by atoms with Crippen LogP contribution in [0.3, 0.4) is 0 Å². The quantitative estimate of drug-likeness (QED) is 0.146. The number of nitrogens with one attached hydrogen (secondary N) is 2. The number of benzene rings is 1. The van der Waals surface area contributed by atoms with Crippen LogP contribution in [0.15, 0.2) is 47.9 Å². The van der Waals surface area contributed by atoms with Crippen molar-refractivity contribution in [2.45, 2.75) is 52.3 Å². The van der Waals surface area contributed by atoms with E-state index in [-0.39, 0.29) is 12.2 Å². The lowest BCUT2D eigenvalue weighted by molar-refractivity contribution is -0.274. The third-order valence-electron chi connectivity index (χ3n) is 4.50. The monoisotopic (exact) mass is 588 g/mol. The van der Waals surface area contributed by atoms with E-state index in [4.69, 9.17) is 16.2 Å². The van der Waals surface area contributed by atoms with Crippen molar-refractivity contribution in [3.8, 4) is 5.75 Å². The minimum atomic E-state index is -4.81. The van der Waals surface area contributed by atoms with Crippen LogP contribution < -0.4 is 26.8 Å². The Morgan fingerprint density at radius 3 is 2.45 bits per heavy atom. The molecule has 224 valence electrons. The van der Waals surface area contributed by atoms with Crippen LogP contribution in [0.2, 0.25) is 0 Å². The smallest absolute Gasteiger partial charge is 0.406 e. The average Bonchev–Trinajstić information content (AvgIpc) is 3.37. The average molecular weight is 589 g/mol. The Hall–Kier alpha value is -3.49. The molecule has 0 saturated carbocycles. The van der Waals surface area contributed by atoms with Crippen molar-refractivity contribution in [1.82, 2.24) is 20.8 Å². The highest BCUT2D eigenvalue weighted by Crippen LogP contribution is 2.23. The number of nitrogens with two attached hydrogens (primary N) is 2. The predicted molar refractivity (Wildman–Crippen MR) is 150 cm³/mol. The largest absolute Gasteiger partial charge is 0.573 e. The highest BCUT2D eigenvalue weighted by atomic mass is 32.1. The molecule has 0 atom stereocenters. The molecule has 0 aliphatic heterocycles. The molecular weight excluding hydrogens is 549 g/mol. The van der Waals surface area contributed by atoms with Crippen LogP contribution in [0.4, 0.5) is 13.2 Å². The molecule has 0 fully saturated rings. The molecule has 1 heterocycles. The number of alkyl halides is 3. The van der Waals surface area contributed by atoms with Crippen molar-refractivity contribution in [1.29, 1.82) is 0 Å². The summed E-state index contributed by atoms with van der Waals surface area (Å²) in [5.74, 6) is -0.852. The van der Waals surface area contributed by atoms with Gasteiger partial charge in [-0.25, -0.2) is 0 Å². The Morgan fingerprint density at radius 1 is 1.15 bits per heavy atom. The molecule has 1 aromatic carbocycles. The molecule has 2 rings (SSSR count). The number of allylic oxidation sites excluding steroid dienone is 3. The first-order valence-electron chi connectivity index (χ1n) is 12.5. The van der Waals surface area contributed by atoms with Gasteiger partial charge in [0.15, 0.2) is 11.3 Å². The second kappa shape index (κ2) is 21.3. The maximum Gasteiger partial charge on any atom is 0.573 e. The number of methoxy groups -OCH3 is 1. The van der Waals surface area contributed by atoms with Crippen LogP contribution in [0.25, 0.3) is 0 Å². The molecular formula is C26H39F3N6O4S. The van der Waals surface area contributed by atoms with E-state index in [9.17, 15) is 22.8 Å². The van der Waals surface area contributed by atoms with Crippen LogP contribution in [-0.2, 0) is 22.4 Å². The molecule has 0 unspecified atom stereocenters. The maximum absolute atomic E-state index is 12.3. The maximum atomic E-state index is 12.3. The van der Waals surface area contributed by atoms with Gasteiger partial charge >= 0.3 is 6.36 Å². The Bertz CT molecular complexity index is 1060. The standard InChI is InChI=1S/C20H22F3N5O3S.C4H11NO.C2H6/c21-20(22,23)31-15-6-3-4-13(10-15)11-17(30)26-16(25)9-8-14(24)5-1-2-7-18-27-28-19(12-29)32-18;1-5-3-4-6-2;1-2/h3-4,6,8-10,12H,1-2,5,7,11,24-25H2,(H,26,30);5H,3-4H2,1-2H3;1-2H3/b14-8-,16-9+;;. The number of likely N-dealkylation sites (N-methyl/N-ethyl adjacent to an activating group) is 1. The van der Waals surface area contributed by atoms with Crippen molar-refractivity contribution in [3.05, 3.63) is 63.5 Å². The minimum Gasteiger partial charge on any atom is -0.406 e. The van der Waals surface area contributed by atoms with Gasteiger partial charge in [-0.1, -0.05) is 37.3 Å². The van der Waals surface area contributed by atoms with Crippen molar-refractivity contribution < 1.29 is 32.2 Å². The summed E-state index contributed by atoms with van der Waals surface area (Å²) >= 11 is 1.26. The topological polar surface area (TPSA) is 154 Å². The van der Waals surface area contributed by atoms with Crippen LogP contribution in [0.5, 0.6) is 5.75 Å². The van der Waals surface area contributed by atoms with Crippen LogP contribution in [0, 0.1) is 0 Å². The molecule has 0 aliphatic carbocycles. The summed E-state index contributed by atoms with van der Waals surface area (Å²) in [6.45, 7) is 5.74. The molecule has 0 spiro atoms. The fourth-order valence-electron chi connectivity index (χ4n) is 2.79. The summed E-state index contributed by atoms with van der Waals surface area (Å²) in [7, 11) is 3.59. The first kappa shape index (κ1) is 36.5. The van der Waals surface area contributed by atoms with E-state index in [1.807, 2.05) is 20.9 Å². The van der Waals surface area contributed by atoms with Crippen molar-refractivity contribution in [3.63, 3.8) is 0 Å². The van der Waals surface area contributed by atoms with Crippen LogP contribution >= 0.6 is 11.3 Å². The van der Waals surface area contributed by atoms with Gasteiger partial charge in [0.05, 0.1) is 13.0 Å². The Balaban J connectivity index is 0.00000168. The van der Waals surface area contributed by atoms with Gasteiger partial charge in [-0.2, -0.15) is 0 Å². The van der Waals surface area contributed by atoms with Crippen LogP contribution in [0.1, 0.15) is 53.5 Å². The number of aldehydes is 1. The number of ether oxygens (including phenoxy) is 2. The molecule has 2 aromatic rings. The molecule has 14 heteroatoms. The van der Waals surface area contributed by atoms with Gasteiger partial charge in [0.1, 0.15) is 16.6 Å². The lowest BCUT2D eigenvalue weighted by Crippen LogP contribution is -2.28. The third-order valence-corrected chi connectivity index (χ3v) is 5.41. The summed E-state index contributed by atoms with van der Waals surface area (Å²) in [4.78, 5) is 22.6. The summed E-state index contributed by atoms with van der Waals surface area (Å²) in [6.07, 6.45) is 1.59. The van der Waals surface area contributed by atoms with Gasteiger partial charge < -0.3 is 31.6 Å². The zero-order valence-electron chi connectivity index (χ0n) is 23.2. The van der Waals surface area contributed by atoms with E-state index < -0.39 is 18.0 Å². The highest BCUT2D eigenvalue weighted by Gasteiger charge is 2.31. The molecule has 0 radical (unpaired) electrons. The van der Waals surface area contributed by atoms with Gasteiger partial charge in [-0.05, 0) is 56.2 Å². The lowest BCUT2D eigenvalue weighted by atomic mass is 10.1. The lowest BCUT2D eigenvalue weighted by Gasteiger charge is -2.10. The van der Waals surface area contributed by atoms with Crippen molar-refractivity contribution in [2.75, 3.05) is 27.3 Å². The molecule has 40 heavy (non-hydrogen) atoms. The number of rotatable bonds is 14. The van der Waals surface area contributed by atoms with Gasteiger partial charge in [-0.3, -0.25) is 9.59 Å². The van der Waals surface area contributed by atoms with E-state index in [2.05, 4.69) is 25.6 Å². The molecule has 10 nitrogen and oxygen atoms in total. The predicted octanol–water partition coefficient (Wildman–Crippen LogP) is 3.84. The zero-order chi connectivity index (χ0) is 30.4. The highest BCUT2D eigenvalue weighted by molar-refractivity contribution is 7.12. The number of halogens is 3. The zero-order valence-corrected chi connectivity index (χ0v) is 24.0. The van der Waals surface area contributed by atoms with Crippen molar-refractivity contribution >= 4 is 23.5 Å². The Morgan fingerprint density at radius 2 is 1.88 bits per heavy atom. The number of aromatic nitrogens is 2. The number of aryl methyl sites for hydroxylation is 1. The number of carbonyl (C=O) groups is 2. The molecule has 0 saturated heterocycles.